The first-order valence-electron chi connectivity index (χ1n) is 9.64. The molecule has 4 heterocycles. The average Bonchev–Trinajstić information content (AvgIpc) is 2.82. The largest absolute Gasteiger partial charge is 0.443 e. The maximum absolute atomic E-state index is 14.3. The fraction of sp³-hybridized carbons (Fsp3) is 0.895. The Kier molecular flexibility index (Phi) is 4.48. The smallest absolute Gasteiger partial charge is 0.338 e. The molecule has 154 valence electrons. The molecule has 5 aliphatic rings. The van der Waals surface area contributed by atoms with E-state index in [1.165, 1.54) is 13.0 Å². The van der Waals surface area contributed by atoms with Crippen molar-refractivity contribution in [3.8, 4) is 0 Å². The van der Waals surface area contributed by atoms with Gasteiger partial charge < -0.3 is 14.2 Å². The van der Waals surface area contributed by atoms with E-state index in [4.69, 9.17) is 24.0 Å². The maximum atomic E-state index is 14.3. The van der Waals surface area contributed by atoms with E-state index in [-0.39, 0.29) is 18.4 Å². The molecular weight excluding hydrogens is 365 g/mol. The van der Waals surface area contributed by atoms with Crippen molar-refractivity contribution in [2.45, 2.75) is 76.1 Å². The summed E-state index contributed by atoms with van der Waals surface area (Å²) in [5.41, 5.74) is -1.06. The second-order valence-electron chi connectivity index (χ2n) is 8.58. The van der Waals surface area contributed by atoms with E-state index < -0.39 is 41.5 Å². The molecule has 27 heavy (non-hydrogen) atoms. The van der Waals surface area contributed by atoms with Gasteiger partial charge >= 0.3 is 6.18 Å². The molecule has 0 N–H and O–H groups in total. The van der Waals surface area contributed by atoms with E-state index in [9.17, 15) is 13.2 Å². The summed E-state index contributed by atoms with van der Waals surface area (Å²) in [5, 5.41) is 0. The van der Waals surface area contributed by atoms with Gasteiger partial charge in [-0.3, -0.25) is 0 Å². The number of hydrogen-bond acceptors (Lipinski definition) is 5. The van der Waals surface area contributed by atoms with E-state index in [0.29, 0.717) is 12.8 Å². The van der Waals surface area contributed by atoms with Crippen molar-refractivity contribution in [1.82, 2.24) is 0 Å². The van der Waals surface area contributed by atoms with Gasteiger partial charge in [0, 0.05) is 18.3 Å². The van der Waals surface area contributed by atoms with Gasteiger partial charge in [0.2, 0.25) is 5.79 Å². The Bertz CT molecular complexity index is 613. The highest BCUT2D eigenvalue weighted by Gasteiger charge is 2.77. The lowest BCUT2D eigenvalue weighted by molar-refractivity contribution is -0.598. The van der Waals surface area contributed by atoms with Crippen LogP contribution in [0.2, 0.25) is 0 Å². The van der Waals surface area contributed by atoms with E-state index in [1.54, 1.807) is 6.92 Å². The second-order valence-corrected chi connectivity index (χ2v) is 8.58. The molecular formula is C19H27F3O5. The van der Waals surface area contributed by atoms with Crippen LogP contribution < -0.4 is 0 Å². The molecule has 5 nitrogen and oxygen atoms in total. The molecule has 0 aromatic rings. The van der Waals surface area contributed by atoms with Crippen molar-refractivity contribution >= 4 is 0 Å². The number of rotatable bonds is 3. The second kappa shape index (κ2) is 6.16. The summed E-state index contributed by atoms with van der Waals surface area (Å²) in [4.78, 5) is 11.5. The Labute approximate surface area is 157 Å². The Balaban J connectivity index is 1.83. The first kappa shape index (κ1) is 19.6. The summed E-state index contributed by atoms with van der Waals surface area (Å²) in [7, 11) is 0. The number of hydrogen-bond donors (Lipinski definition) is 0. The lowest BCUT2D eigenvalue weighted by Crippen LogP contribution is -2.76. The Morgan fingerprint density at radius 2 is 1.85 bits per heavy atom. The lowest BCUT2D eigenvalue weighted by Gasteiger charge is -2.62. The highest BCUT2D eigenvalue weighted by atomic mass is 19.4. The molecule has 0 aromatic heterocycles. The maximum Gasteiger partial charge on any atom is 0.443 e. The molecule has 1 unspecified atom stereocenters. The summed E-state index contributed by atoms with van der Waals surface area (Å²) < 4.78 is 59.7. The Morgan fingerprint density at radius 3 is 2.52 bits per heavy atom. The van der Waals surface area contributed by atoms with Gasteiger partial charge in [-0.25, -0.2) is 9.78 Å². The van der Waals surface area contributed by atoms with Crippen molar-refractivity contribution in [3.05, 3.63) is 12.7 Å². The van der Waals surface area contributed by atoms with Crippen LogP contribution in [0.15, 0.2) is 12.7 Å². The van der Waals surface area contributed by atoms with Crippen LogP contribution in [0, 0.1) is 23.7 Å². The summed E-state index contributed by atoms with van der Waals surface area (Å²) >= 11 is 0. The molecule has 5 rings (SSSR count). The fourth-order valence-electron chi connectivity index (χ4n) is 5.67. The zero-order chi connectivity index (χ0) is 19.7. The molecule has 4 aliphatic heterocycles. The molecule has 5 fully saturated rings. The molecule has 8 atom stereocenters. The quantitative estimate of drug-likeness (QED) is 0.529. The van der Waals surface area contributed by atoms with Crippen molar-refractivity contribution in [2.24, 2.45) is 23.7 Å². The Hall–Kier alpha value is -0.670. The van der Waals surface area contributed by atoms with Crippen LogP contribution in [-0.4, -0.2) is 36.2 Å². The third-order valence-electron chi connectivity index (χ3n) is 7.07. The number of fused-ring (bicyclic) bond motifs is 2. The summed E-state index contributed by atoms with van der Waals surface area (Å²) in [6.45, 7) is 8.52. The van der Waals surface area contributed by atoms with Gasteiger partial charge in [0.05, 0.1) is 6.61 Å². The van der Waals surface area contributed by atoms with E-state index in [2.05, 4.69) is 13.5 Å². The van der Waals surface area contributed by atoms with E-state index in [0.717, 1.165) is 12.8 Å². The highest BCUT2D eigenvalue weighted by molar-refractivity contribution is 5.12. The minimum absolute atomic E-state index is 0.00124. The Morgan fingerprint density at radius 1 is 1.11 bits per heavy atom. The van der Waals surface area contributed by atoms with Crippen LogP contribution in [0.5, 0.6) is 0 Å². The summed E-state index contributed by atoms with van der Waals surface area (Å²) in [5.74, 6) is -5.08. The molecule has 1 aliphatic carbocycles. The van der Waals surface area contributed by atoms with Crippen LogP contribution in [-0.2, 0) is 24.0 Å². The molecule has 0 aromatic carbocycles. The lowest BCUT2D eigenvalue weighted by atomic mass is 9.57. The van der Waals surface area contributed by atoms with Gasteiger partial charge in [0.25, 0.3) is 5.79 Å². The zero-order valence-corrected chi connectivity index (χ0v) is 15.9. The zero-order valence-electron chi connectivity index (χ0n) is 15.9. The van der Waals surface area contributed by atoms with Crippen molar-refractivity contribution in [3.63, 3.8) is 0 Å². The molecule has 1 spiro atoms. The molecule has 0 amide bonds. The predicted molar refractivity (Wildman–Crippen MR) is 88.0 cm³/mol. The predicted octanol–water partition coefficient (Wildman–Crippen LogP) is 4.33. The molecule has 4 saturated heterocycles. The van der Waals surface area contributed by atoms with Crippen molar-refractivity contribution < 1.29 is 37.2 Å². The van der Waals surface area contributed by atoms with Crippen molar-refractivity contribution in [2.75, 3.05) is 6.61 Å². The van der Waals surface area contributed by atoms with Gasteiger partial charge in [-0.15, -0.1) is 6.58 Å². The van der Waals surface area contributed by atoms with Crippen LogP contribution in [0.25, 0.3) is 0 Å². The summed E-state index contributed by atoms with van der Waals surface area (Å²) in [6.07, 6.45) is -1.96. The standard InChI is InChI=1S/C19H27F3O5/c1-5-10-23-18(19(20,21)22)12(3)14-7-6-11(2)13-8-9-16(4)24-15(25-18)17(13,14)27-26-16/h5,11-15H,1,6-10H2,2-4H3/t11-,12-,13+,14+,15+,16+,17-,18?/m1/s1. The molecule has 0 radical (unpaired) electrons. The van der Waals surface area contributed by atoms with E-state index in [1.807, 2.05) is 0 Å². The van der Waals surface area contributed by atoms with E-state index >= 15 is 0 Å². The minimum atomic E-state index is -4.73. The first-order chi connectivity index (χ1) is 12.6. The van der Waals surface area contributed by atoms with Crippen LogP contribution in [0.1, 0.15) is 46.5 Å². The average molecular weight is 392 g/mol. The SMILES string of the molecule is C=CCOC1(C(F)(F)F)O[C@@H]2O[C@]3(C)CC[C@H]4[C@H](C)CC[C@@H]([C@H]1C)[C@@]24OO3. The van der Waals surface area contributed by atoms with Crippen LogP contribution >= 0.6 is 0 Å². The number of halogens is 3. The first-order valence-corrected chi connectivity index (χ1v) is 9.64. The van der Waals surface area contributed by atoms with Crippen LogP contribution in [0.4, 0.5) is 13.2 Å². The monoisotopic (exact) mass is 392 g/mol. The van der Waals surface area contributed by atoms with Gasteiger partial charge in [0.1, 0.15) is 0 Å². The fourth-order valence-corrected chi connectivity index (χ4v) is 5.67. The van der Waals surface area contributed by atoms with Gasteiger partial charge in [-0.1, -0.05) is 19.9 Å². The normalized spacial score (nSPS) is 52.1. The third-order valence-corrected chi connectivity index (χ3v) is 7.07. The number of alkyl halides is 3. The highest BCUT2D eigenvalue weighted by Crippen LogP contribution is 2.64. The van der Waals surface area contributed by atoms with Gasteiger partial charge in [-0.2, -0.15) is 13.2 Å². The van der Waals surface area contributed by atoms with Gasteiger partial charge in [0.15, 0.2) is 11.9 Å². The molecule has 1 saturated carbocycles. The van der Waals surface area contributed by atoms with Gasteiger partial charge in [-0.05, 0) is 38.0 Å². The third kappa shape index (κ3) is 2.56. The molecule has 2 bridgehead atoms. The molecule has 8 heteroatoms. The summed E-state index contributed by atoms with van der Waals surface area (Å²) in [6, 6.07) is 0. The topological polar surface area (TPSA) is 46.2 Å². The van der Waals surface area contributed by atoms with Crippen LogP contribution in [0.3, 0.4) is 0 Å². The van der Waals surface area contributed by atoms with Crippen molar-refractivity contribution in [1.29, 1.82) is 0 Å². The number of ether oxygens (including phenoxy) is 3. The minimum Gasteiger partial charge on any atom is -0.338 e.